The second-order valence-corrected chi connectivity index (χ2v) is 24.5. The van der Waals surface area contributed by atoms with E-state index in [1.54, 1.807) is 0 Å². The number of hydrogen-bond donors (Lipinski definition) is 0. The van der Waals surface area contributed by atoms with E-state index in [9.17, 15) is 0 Å². The third-order valence-electron chi connectivity index (χ3n) is 15.0. The second kappa shape index (κ2) is 15.9. The van der Waals surface area contributed by atoms with E-state index in [2.05, 4.69) is 240 Å². The van der Waals surface area contributed by atoms with Crippen LogP contribution in [-0.2, 0) is 16.2 Å². The maximum absolute atomic E-state index is 6.71. The highest BCUT2D eigenvalue weighted by Gasteiger charge is 2.47. The van der Waals surface area contributed by atoms with Gasteiger partial charge in [0.2, 0.25) is 0 Å². The van der Waals surface area contributed by atoms with Crippen LogP contribution >= 0.6 is 11.3 Å². The van der Waals surface area contributed by atoms with Gasteiger partial charge in [-0.3, -0.25) is 0 Å². The lowest BCUT2D eigenvalue weighted by molar-refractivity contribution is 0.589. The van der Waals surface area contributed by atoms with Gasteiger partial charge in [-0.15, -0.1) is 11.3 Å². The van der Waals surface area contributed by atoms with Crippen molar-refractivity contribution in [3.05, 3.63) is 172 Å². The molecule has 9 aromatic rings. The SMILES string of the molecule is Cc1cc(C(C)(C)C)cc(C)c1N1c2cc(C(C)C)cc3c2B(c2cc(-c4cc5ccccc5o4)ccc2N3c2c(C)cc(C(C)(C)C)cc2-c2ccccc2)c2c1sc1ccc(C(C)(C)C)cc21. The first kappa shape index (κ1) is 45.2. The zero-order chi connectivity index (χ0) is 48.6. The Morgan fingerprint density at radius 1 is 0.522 bits per heavy atom. The Hall–Kier alpha value is -6.30. The van der Waals surface area contributed by atoms with E-state index in [-0.39, 0.29) is 28.9 Å². The summed E-state index contributed by atoms with van der Waals surface area (Å²) in [6.07, 6.45) is 0. The molecule has 0 bridgehead atoms. The van der Waals surface area contributed by atoms with Crippen LogP contribution in [0.3, 0.4) is 0 Å². The number of benzene rings is 7. The summed E-state index contributed by atoms with van der Waals surface area (Å²) < 4.78 is 8.02. The minimum atomic E-state index is -0.0641. The van der Waals surface area contributed by atoms with Crippen molar-refractivity contribution in [2.75, 3.05) is 9.80 Å². The molecule has 0 fully saturated rings. The van der Waals surface area contributed by atoms with Crippen LogP contribution in [0.4, 0.5) is 33.4 Å². The smallest absolute Gasteiger partial charge is 0.254 e. The predicted octanol–water partition coefficient (Wildman–Crippen LogP) is 17.0. The number of thiophene rings is 1. The molecule has 3 nitrogen and oxygen atoms in total. The molecule has 5 heteroatoms. The molecule has 2 aliphatic rings. The Morgan fingerprint density at radius 2 is 1.13 bits per heavy atom. The molecule has 2 aliphatic heterocycles. The van der Waals surface area contributed by atoms with E-state index in [1.165, 1.54) is 110 Å². The normalized spacial score (nSPS) is 13.7. The molecule has 0 aliphatic carbocycles. The molecule has 0 saturated carbocycles. The number of anilines is 6. The highest BCUT2D eigenvalue weighted by Crippen LogP contribution is 2.53. The highest BCUT2D eigenvalue weighted by molar-refractivity contribution is 7.26. The van der Waals surface area contributed by atoms with Crippen molar-refractivity contribution >= 4 is 88.9 Å². The summed E-state index contributed by atoms with van der Waals surface area (Å²) in [7, 11) is 0. The number of hydrogen-bond acceptors (Lipinski definition) is 4. The van der Waals surface area contributed by atoms with Gasteiger partial charge in [-0.25, -0.2) is 0 Å². The van der Waals surface area contributed by atoms with Crippen molar-refractivity contribution in [1.82, 2.24) is 0 Å². The van der Waals surface area contributed by atoms with E-state index in [4.69, 9.17) is 4.42 Å². The topological polar surface area (TPSA) is 19.6 Å². The van der Waals surface area contributed by atoms with Gasteiger partial charge in [0, 0.05) is 38.3 Å². The Kier molecular flexibility index (Phi) is 10.4. The minimum absolute atomic E-state index is 0.0164. The van der Waals surface area contributed by atoms with Crippen molar-refractivity contribution in [2.24, 2.45) is 0 Å². The maximum Gasteiger partial charge on any atom is 0.254 e. The number of rotatable bonds is 5. The Morgan fingerprint density at radius 3 is 1.77 bits per heavy atom. The van der Waals surface area contributed by atoms with Crippen molar-refractivity contribution in [1.29, 1.82) is 0 Å². The lowest BCUT2D eigenvalue weighted by Gasteiger charge is -2.45. The van der Waals surface area contributed by atoms with Crippen molar-refractivity contribution in [3.63, 3.8) is 0 Å². The maximum atomic E-state index is 6.71. The first-order valence-corrected chi connectivity index (χ1v) is 25.8. The average molecular weight is 921 g/mol. The van der Waals surface area contributed by atoms with Gasteiger partial charge < -0.3 is 14.2 Å². The predicted molar refractivity (Wildman–Crippen MR) is 301 cm³/mol. The molecule has 4 heterocycles. The van der Waals surface area contributed by atoms with E-state index >= 15 is 0 Å². The van der Waals surface area contributed by atoms with Crippen LogP contribution < -0.4 is 26.2 Å². The van der Waals surface area contributed by atoms with E-state index in [0.29, 0.717) is 0 Å². The fourth-order valence-corrected chi connectivity index (χ4v) is 12.4. The fourth-order valence-electron chi connectivity index (χ4n) is 11.2. The van der Waals surface area contributed by atoms with Gasteiger partial charge in [-0.05, 0) is 158 Å². The number of furan rings is 1. The van der Waals surface area contributed by atoms with E-state index < -0.39 is 0 Å². The third-order valence-corrected chi connectivity index (χ3v) is 16.2. The second-order valence-electron chi connectivity index (χ2n) is 23.4. The summed E-state index contributed by atoms with van der Waals surface area (Å²) in [5.41, 5.74) is 23.8. The summed E-state index contributed by atoms with van der Waals surface area (Å²) in [5, 5.41) is 3.76. The molecule has 0 spiro atoms. The quantitative estimate of drug-likeness (QED) is 0.160. The molecular formula is C64H65BN2OS. The zero-order valence-electron chi connectivity index (χ0n) is 43.1. The average Bonchev–Trinajstić information content (AvgIpc) is 3.90. The molecule has 2 aromatic heterocycles. The van der Waals surface area contributed by atoms with E-state index in [1.807, 2.05) is 11.3 Å². The van der Waals surface area contributed by atoms with Crippen molar-refractivity contribution in [2.45, 2.75) is 119 Å². The first-order chi connectivity index (χ1) is 32.7. The molecule has 0 saturated heterocycles. The molecule has 346 valence electrons. The van der Waals surface area contributed by atoms with Crippen LogP contribution in [0.25, 0.3) is 43.5 Å². The summed E-state index contributed by atoms with van der Waals surface area (Å²) in [6.45, 7) is 32.7. The fraction of sp³-hybridized carbons (Fsp3) is 0.281. The van der Waals surface area contributed by atoms with Crippen molar-refractivity contribution in [3.8, 4) is 22.5 Å². The molecule has 0 atom stereocenters. The number of aryl methyl sites for hydroxylation is 3. The Bertz CT molecular complexity index is 3480. The van der Waals surface area contributed by atoms with Gasteiger partial charge in [0.05, 0.1) is 16.4 Å². The van der Waals surface area contributed by atoms with Crippen molar-refractivity contribution < 1.29 is 4.42 Å². The standard InChI is InChI=1S/C64H65BN2OS/c1-37(2)44-32-52-58-53(33-44)67(59-38(3)28-46(29-39(59)4)63(9,10)11)61-57(49-35-45(62(6,7)8)25-27-56(49)69-61)65(58)50-31-43(55-34-42-22-18-19-23-54(42)68-55)24-26-51(50)66(52)60-40(5)30-47(64(12,13)14)36-48(60)41-20-16-15-17-21-41/h15-37H,1-14H3. The number of para-hydroxylation sites is 1. The molecule has 7 aromatic carbocycles. The van der Waals surface area contributed by atoms with Crippen LogP contribution in [-0.4, -0.2) is 6.71 Å². The lowest BCUT2D eigenvalue weighted by atomic mass is 9.33. The molecule has 69 heavy (non-hydrogen) atoms. The summed E-state index contributed by atoms with van der Waals surface area (Å²) >= 11 is 1.95. The van der Waals surface area contributed by atoms with Gasteiger partial charge in [0.1, 0.15) is 11.3 Å². The van der Waals surface area contributed by atoms with Crippen LogP contribution in [0.15, 0.2) is 138 Å². The lowest BCUT2D eigenvalue weighted by Crippen LogP contribution is -2.61. The summed E-state index contributed by atoms with van der Waals surface area (Å²) in [4.78, 5) is 5.35. The van der Waals surface area contributed by atoms with Crippen LogP contribution in [0.2, 0.25) is 0 Å². The molecular weight excluding hydrogens is 856 g/mol. The largest absolute Gasteiger partial charge is 0.456 e. The molecule has 0 unspecified atom stereocenters. The van der Waals surface area contributed by atoms with Gasteiger partial charge in [0.15, 0.2) is 0 Å². The van der Waals surface area contributed by atoms with Crippen LogP contribution in [0.5, 0.6) is 0 Å². The Balaban J connectivity index is 1.31. The van der Waals surface area contributed by atoms with Gasteiger partial charge >= 0.3 is 0 Å². The van der Waals surface area contributed by atoms with Gasteiger partial charge in [-0.2, -0.15) is 0 Å². The van der Waals surface area contributed by atoms with Crippen LogP contribution in [0, 0.1) is 20.8 Å². The van der Waals surface area contributed by atoms with Gasteiger partial charge in [-0.1, -0.05) is 161 Å². The third kappa shape index (κ3) is 7.37. The van der Waals surface area contributed by atoms with Crippen LogP contribution in [0.1, 0.15) is 121 Å². The minimum Gasteiger partial charge on any atom is -0.456 e. The first-order valence-electron chi connectivity index (χ1n) is 25.0. The molecule has 0 radical (unpaired) electrons. The van der Waals surface area contributed by atoms with Gasteiger partial charge in [0.25, 0.3) is 6.71 Å². The summed E-state index contributed by atoms with van der Waals surface area (Å²) in [6, 6.07) is 51.0. The molecule has 0 amide bonds. The monoisotopic (exact) mass is 920 g/mol. The molecule has 11 rings (SSSR count). The highest BCUT2D eigenvalue weighted by atomic mass is 32.1. The Labute approximate surface area is 414 Å². The molecule has 0 N–H and O–H groups in total. The summed E-state index contributed by atoms with van der Waals surface area (Å²) in [5.74, 6) is 1.17. The van der Waals surface area contributed by atoms with E-state index in [0.717, 1.165) is 22.3 Å². The number of nitrogens with zero attached hydrogens (tertiary/aromatic N) is 2. The zero-order valence-corrected chi connectivity index (χ0v) is 43.9. The number of fused-ring (bicyclic) bond motifs is 7.